The molecular weight excluding hydrogens is 184 g/mol. The van der Waals surface area contributed by atoms with Crippen molar-refractivity contribution in [3.05, 3.63) is 0 Å². The third kappa shape index (κ3) is 3.76. The van der Waals surface area contributed by atoms with Gasteiger partial charge in [0.2, 0.25) is 0 Å². The van der Waals surface area contributed by atoms with E-state index in [0.717, 1.165) is 12.0 Å². The van der Waals surface area contributed by atoms with Crippen LogP contribution in [0.3, 0.4) is 0 Å². The smallest absolute Gasteiger partial charge is 0.00964 e. The SMILES string of the molecule is CCCCN(CCC(N)C1CC1)C1CC1. The zero-order valence-electron chi connectivity index (χ0n) is 10.1. The van der Waals surface area contributed by atoms with Crippen molar-refractivity contribution in [1.82, 2.24) is 4.90 Å². The lowest BCUT2D eigenvalue weighted by molar-refractivity contribution is 0.246. The molecule has 0 aromatic rings. The standard InChI is InChI=1S/C13H26N2/c1-2-3-9-15(12-6-7-12)10-8-13(14)11-4-5-11/h11-13H,2-10,14H2,1H3. The van der Waals surface area contributed by atoms with Gasteiger partial charge in [0.15, 0.2) is 0 Å². The molecule has 0 saturated heterocycles. The van der Waals surface area contributed by atoms with Crippen LogP contribution >= 0.6 is 0 Å². The van der Waals surface area contributed by atoms with Crippen LogP contribution in [0, 0.1) is 5.92 Å². The number of nitrogens with two attached hydrogens (primary N) is 1. The predicted molar refractivity (Wildman–Crippen MR) is 64.8 cm³/mol. The molecule has 1 atom stereocenters. The summed E-state index contributed by atoms with van der Waals surface area (Å²) in [7, 11) is 0. The molecule has 2 aliphatic carbocycles. The van der Waals surface area contributed by atoms with Gasteiger partial charge < -0.3 is 10.6 Å². The molecule has 2 saturated carbocycles. The zero-order valence-corrected chi connectivity index (χ0v) is 10.1. The van der Waals surface area contributed by atoms with E-state index in [-0.39, 0.29) is 0 Å². The van der Waals surface area contributed by atoms with Crippen LogP contribution in [0.4, 0.5) is 0 Å². The molecule has 0 spiro atoms. The molecule has 2 nitrogen and oxygen atoms in total. The first-order valence-electron chi connectivity index (χ1n) is 6.81. The van der Waals surface area contributed by atoms with Crippen molar-refractivity contribution in [2.24, 2.45) is 11.7 Å². The Kier molecular flexibility index (Phi) is 4.04. The van der Waals surface area contributed by atoms with Gasteiger partial charge in [0, 0.05) is 12.1 Å². The second-order valence-electron chi connectivity index (χ2n) is 5.41. The van der Waals surface area contributed by atoms with E-state index in [0.29, 0.717) is 6.04 Å². The average molecular weight is 210 g/mol. The Morgan fingerprint density at radius 3 is 2.47 bits per heavy atom. The monoisotopic (exact) mass is 210 g/mol. The van der Waals surface area contributed by atoms with Crippen LogP contribution in [0.2, 0.25) is 0 Å². The third-order valence-corrected chi connectivity index (χ3v) is 3.84. The van der Waals surface area contributed by atoms with E-state index in [2.05, 4.69) is 11.8 Å². The van der Waals surface area contributed by atoms with Crippen molar-refractivity contribution in [3.63, 3.8) is 0 Å². The van der Waals surface area contributed by atoms with Gasteiger partial charge in [0.05, 0.1) is 0 Å². The maximum atomic E-state index is 6.15. The number of unbranched alkanes of at least 4 members (excludes halogenated alkanes) is 1. The van der Waals surface area contributed by atoms with Crippen LogP contribution in [0.5, 0.6) is 0 Å². The molecule has 2 aliphatic rings. The van der Waals surface area contributed by atoms with Crippen molar-refractivity contribution in [1.29, 1.82) is 0 Å². The second-order valence-corrected chi connectivity index (χ2v) is 5.41. The molecule has 0 radical (unpaired) electrons. The summed E-state index contributed by atoms with van der Waals surface area (Å²) < 4.78 is 0. The highest BCUT2D eigenvalue weighted by atomic mass is 15.2. The quantitative estimate of drug-likeness (QED) is 0.666. The summed E-state index contributed by atoms with van der Waals surface area (Å²) >= 11 is 0. The first kappa shape index (κ1) is 11.4. The van der Waals surface area contributed by atoms with Crippen LogP contribution in [0.15, 0.2) is 0 Å². The van der Waals surface area contributed by atoms with Gasteiger partial charge in [-0.05, 0) is 57.5 Å². The van der Waals surface area contributed by atoms with E-state index in [1.54, 1.807) is 0 Å². The number of nitrogens with zero attached hydrogens (tertiary/aromatic N) is 1. The Bertz CT molecular complexity index is 185. The average Bonchev–Trinajstić information content (AvgIpc) is 3.05. The third-order valence-electron chi connectivity index (χ3n) is 3.84. The van der Waals surface area contributed by atoms with Gasteiger partial charge in [0.25, 0.3) is 0 Å². The molecular formula is C13H26N2. The Hall–Kier alpha value is -0.0800. The molecule has 88 valence electrons. The fraction of sp³-hybridized carbons (Fsp3) is 1.00. The highest BCUT2D eigenvalue weighted by molar-refractivity contribution is 4.88. The van der Waals surface area contributed by atoms with Crippen molar-refractivity contribution >= 4 is 0 Å². The molecule has 2 heteroatoms. The van der Waals surface area contributed by atoms with Crippen LogP contribution < -0.4 is 5.73 Å². The number of hydrogen-bond acceptors (Lipinski definition) is 2. The van der Waals surface area contributed by atoms with Crippen molar-refractivity contribution in [2.75, 3.05) is 13.1 Å². The molecule has 0 aromatic heterocycles. The minimum atomic E-state index is 0.493. The lowest BCUT2D eigenvalue weighted by Gasteiger charge is -2.23. The van der Waals surface area contributed by atoms with Gasteiger partial charge in [-0.1, -0.05) is 13.3 Å². The maximum Gasteiger partial charge on any atom is 0.00964 e. The van der Waals surface area contributed by atoms with Crippen molar-refractivity contribution in [3.8, 4) is 0 Å². The van der Waals surface area contributed by atoms with E-state index in [4.69, 9.17) is 5.73 Å². The normalized spacial score (nSPS) is 23.4. The number of rotatable bonds is 8. The van der Waals surface area contributed by atoms with Crippen LogP contribution in [-0.2, 0) is 0 Å². The number of hydrogen-bond donors (Lipinski definition) is 1. The molecule has 2 N–H and O–H groups in total. The topological polar surface area (TPSA) is 29.3 Å². The molecule has 2 rings (SSSR count). The molecule has 2 fully saturated rings. The Morgan fingerprint density at radius 2 is 1.93 bits per heavy atom. The molecule has 0 amide bonds. The van der Waals surface area contributed by atoms with Crippen molar-refractivity contribution < 1.29 is 0 Å². The zero-order chi connectivity index (χ0) is 10.7. The summed E-state index contributed by atoms with van der Waals surface area (Å²) in [6.07, 6.45) is 9.54. The van der Waals surface area contributed by atoms with E-state index in [1.165, 1.54) is 58.0 Å². The molecule has 0 aliphatic heterocycles. The van der Waals surface area contributed by atoms with Gasteiger partial charge >= 0.3 is 0 Å². The van der Waals surface area contributed by atoms with E-state index in [9.17, 15) is 0 Å². The van der Waals surface area contributed by atoms with Crippen LogP contribution in [0.1, 0.15) is 51.9 Å². The minimum absolute atomic E-state index is 0.493. The Balaban J connectivity index is 1.63. The summed E-state index contributed by atoms with van der Waals surface area (Å²) in [5, 5.41) is 0. The molecule has 1 unspecified atom stereocenters. The van der Waals surface area contributed by atoms with E-state index in [1.807, 2.05) is 0 Å². The van der Waals surface area contributed by atoms with Gasteiger partial charge in [-0.2, -0.15) is 0 Å². The van der Waals surface area contributed by atoms with Crippen molar-refractivity contribution in [2.45, 2.75) is 64.0 Å². The maximum absolute atomic E-state index is 6.15. The molecule has 0 bridgehead atoms. The Morgan fingerprint density at radius 1 is 1.20 bits per heavy atom. The predicted octanol–water partition coefficient (Wildman–Crippen LogP) is 2.38. The first-order chi connectivity index (χ1) is 7.31. The largest absolute Gasteiger partial charge is 0.327 e. The van der Waals surface area contributed by atoms with Crippen LogP contribution in [-0.4, -0.2) is 30.1 Å². The van der Waals surface area contributed by atoms with E-state index >= 15 is 0 Å². The summed E-state index contributed by atoms with van der Waals surface area (Å²) in [5.74, 6) is 0.872. The van der Waals surface area contributed by atoms with Gasteiger partial charge in [-0.3, -0.25) is 0 Å². The fourth-order valence-corrected chi connectivity index (χ4v) is 2.35. The molecule has 0 heterocycles. The second kappa shape index (κ2) is 5.31. The summed E-state index contributed by atoms with van der Waals surface area (Å²) in [6, 6.07) is 1.41. The molecule has 0 aromatic carbocycles. The van der Waals surface area contributed by atoms with Gasteiger partial charge in [-0.15, -0.1) is 0 Å². The fourth-order valence-electron chi connectivity index (χ4n) is 2.35. The minimum Gasteiger partial charge on any atom is -0.327 e. The Labute approximate surface area is 94.2 Å². The summed E-state index contributed by atoms with van der Waals surface area (Å²) in [5.41, 5.74) is 6.15. The lowest BCUT2D eigenvalue weighted by Crippen LogP contribution is -2.33. The highest BCUT2D eigenvalue weighted by Gasteiger charge is 2.31. The molecule has 15 heavy (non-hydrogen) atoms. The lowest BCUT2D eigenvalue weighted by atomic mass is 10.1. The van der Waals surface area contributed by atoms with E-state index < -0.39 is 0 Å². The van der Waals surface area contributed by atoms with Crippen LogP contribution in [0.25, 0.3) is 0 Å². The highest BCUT2D eigenvalue weighted by Crippen LogP contribution is 2.33. The summed E-state index contributed by atoms with van der Waals surface area (Å²) in [6.45, 7) is 4.84. The van der Waals surface area contributed by atoms with Gasteiger partial charge in [0.1, 0.15) is 0 Å². The summed E-state index contributed by atoms with van der Waals surface area (Å²) in [4.78, 5) is 2.69. The first-order valence-corrected chi connectivity index (χ1v) is 6.81. The van der Waals surface area contributed by atoms with Gasteiger partial charge in [-0.25, -0.2) is 0 Å².